The zero-order valence-corrected chi connectivity index (χ0v) is 17.1. The van der Waals surface area contributed by atoms with Crippen LogP contribution in [0.4, 0.5) is 0 Å². The number of piperazine rings is 1. The molecule has 0 aliphatic carbocycles. The van der Waals surface area contributed by atoms with Crippen LogP contribution in [0.2, 0.25) is 0 Å². The van der Waals surface area contributed by atoms with Gasteiger partial charge in [-0.15, -0.1) is 0 Å². The largest absolute Gasteiger partial charge is 0.491 e. The molecule has 0 radical (unpaired) electrons. The minimum absolute atomic E-state index is 0.116. The summed E-state index contributed by atoms with van der Waals surface area (Å²) in [6.45, 7) is 10.8. The Balaban J connectivity index is 1.69. The zero-order chi connectivity index (χ0) is 19.9. The lowest BCUT2D eigenvalue weighted by Crippen LogP contribution is -2.51. The van der Waals surface area contributed by atoms with Crippen molar-refractivity contribution in [1.29, 1.82) is 0 Å². The summed E-state index contributed by atoms with van der Waals surface area (Å²) >= 11 is 0. The highest BCUT2D eigenvalue weighted by molar-refractivity contribution is 5.76. The van der Waals surface area contributed by atoms with Gasteiger partial charge in [0.1, 0.15) is 18.5 Å². The zero-order valence-electron chi connectivity index (χ0n) is 17.1. The number of rotatable bonds is 8. The fourth-order valence-corrected chi connectivity index (χ4v) is 3.12. The smallest absolute Gasteiger partial charge is 0.224 e. The predicted octanol–water partition coefficient (Wildman–Crippen LogP) is 1.90. The first kappa shape index (κ1) is 21.7. The van der Waals surface area contributed by atoms with Gasteiger partial charge in [0, 0.05) is 39.8 Å². The van der Waals surface area contributed by atoms with Crippen LogP contribution in [-0.2, 0) is 14.9 Å². The fraction of sp³-hybridized carbons (Fsp3) is 0.667. The molecule has 0 saturated carbocycles. The molecular formula is C21H34N2O4. The summed E-state index contributed by atoms with van der Waals surface area (Å²) < 4.78 is 10.7. The number of carbonyl (C=O) groups is 1. The first-order valence-corrected chi connectivity index (χ1v) is 9.70. The molecule has 27 heavy (non-hydrogen) atoms. The number of nitrogens with zero attached hydrogens (tertiary/aromatic N) is 2. The van der Waals surface area contributed by atoms with Crippen molar-refractivity contribution in [3.05, 3.63) is 29.8 Å². The highest BCUT2D eigenvalue weighted by Gasteiger charge is 2.22. The predicted molar refractivity (Wildman–Crippen MR) is 106 cm³/mol. The van der Waals surface area contributed by atoms with Gasteiger partial charge in [-0.3, -0.25) is 9.69 Å². The summed E-state index contributed by atoms with van der Waals surface area (Å²) in [6, 6.07) is 8.05. The Kier molecular flexibility index (Phi) is 8.07. The number of hydrogen-bond donors (Lipinski definition) is 1. The number of β-amino-alcohol motifs (C(OH)–C–C–N with tert-alkyl or cyclic N) is 1. The van der Waals surface area contributed by atoms with Gasteiger partial charge >= 0.3 is 0 Å². The maximum atomic E-state index is 12.0. The number of benzene rings is 1. The molecule has 0 aromatic heterocycles. The van der Waals surface area contributed by atoms with E-state index in [4.69, 9.17) is 9.47 Å². The van der Waals surface area contributed by atoms with Crippen LogP contribution in [0.5, 0.6) is 5.75 Å². The molecule has 2 rings (SSSR count). The van der Waals surface area contributed by atoms with Crippen molar-refractivity contribution in [2.24, 2.45) is 0 Å². The molecule has 1 saturated heterocycles. The van der Waals surface area contributed by atoms with E-state index in [1.165, 1.54) is 5.56 Å². The third kappa shape index (κ3) is 7.13. The quantitative estimate of drug-likeness (QED) is 0.749. The van der Waals surface area contributed by atoms with Gasteiger partial charge in [-0.1, -0.05) is 32.9 Å². The number of methoxy groups -OCH3 is 1. The van der Waals surface area contributed by atoms with E-state index >= 15 is 0 Å². The summed E-state index contributed by atoms with van der Waals surface area (Å²) in [4.78, 5) is 16.0. The van der Waals surface area contributed by atoms with Gasteiger partial charge in [0.15, 0.2) is 0 Å². The minimum atomic E-state index is -0.553. The van der Waals surface area contributed by atoms with Crippen LogP contribution in [0.3, 0.4) is 0 Å². The highest BCUT2D eigenvalue weighted by Crippen LogP contribution is 2.24. The summed E-state index contributed by atoms with van der Waals surface area (Å²) in [5, 5.41) is 10.3. The number of hydrogen-bond acceptors (Lipinski definition) is 5. The Labute approximate surface area is 163 Å². The maximum Gasteiger partial charge on any atom is 0.224 e. The van der Waals surface area contributed by atoms with E-state index in [9.17, 15) is 9.90 Å². The molecule has 1 fully saturated rings. The van der Waals surface area contributed by atoms with Gasteiger partial charge in [0.25, 0.3) is 0 Å². The first-order chi connectivity index (χ1) is 12.8. The van der Waals surface area contributed by atoms with Gasteiger partial charge < -0.3 is 19.5 Å². The lowest BCUT2D eigenvalue weighted by atomic mass is 9.87. The van der Waals surface area contributed by atoms with E-state index < -0.39 is 6.10 Å². The average Bonchev–Trinajstić information content (AvgIpc) is 2.64. The van der Waals surface area contributed by atoms with Crippen molar-refractivity contribution in [2.75, 3.05) is 53.0 Å². The average molecular weight is 379 g/mol. The van der Waals surface area contributed by atoms with Crippen molar-refractivity contribution in [1.82, 2.24) is 9.80 Å². The Hall–Kier alpha value is -1.63. The lowest BCUT2D eigenvalue weighted by Gasteiger charge is -2.35. The van der Waals surface area contributed by atoms with Crippen LogP contribution in [0.25, 0.3) is 0 Å². The molecule has 0 bridgehead atoms. The van der Waals surface area contributed by atoms with Crippen LogP contribution in [-0.4, -0.2) is 80.0 Å². The number of amides is 1. The van der Waals surface area contributed by atoms with Crippen LogP contribution in [0.1, 0.15) is 32.8 Å². The van der Waals surface area contributed by atoms with Gasteiger partial charge in [-0.2, -0.15) is 0 Å². The molecule has 1 heterocycles. The van der Waals surface area contributed by atoms with E-state index in [0.717, 1.165) is 18.8 Å². The van der Waals surface area contributed by atoms with E-state index in [1.807, 2.05) is 17.0 Å². The molecule has 1 aromatic rings. The van der Waals surface area contributed by atoms with Gasteiger partial charge in [-0.25, -0.2) is 0 Å². The fourth-order valence-electron chi connectivity index (χ4n) is 3.12. The van der Waals surface area contributed by atoms with Gasteiger partial charge in [0.2, 0.25) is 5.91 Å². The van der Waals surface area contributed by atoms with Crippen molar-refractivity contribution < 1.29 is 19.4 Å². The van der Waals surface area contributed by atoms with E-state index in [1.54, 1.807) is 7.11 Å². The molecule has 152 valence electrons. The van der Waals surface area contributed by atoms with Crippen LogP contribution in [0.15, 0.2) is 24.3 Å². The number of aliphatic hydroxyl groups excluding tert-OH is 1. The highest BCUT2D eigenvalue weighted by atomic mass is 16.5. The summed E-state index contributed by atoms with van der Waals surface area (Å²) in [5.41, 5.74) is 1.37. The Morgan fingerprint density at radius 3 is 2.33 bits per heavy atom. The second-order valence-corrected chi connectivity index (χ2v) is 8.16. The van der Waals surface area contributed by atoms with Crippen LogP contribution >= 0.6 is 0 Å². The molecule has 0 unspecified atom stereocenters. The molecule has 1 amide bonds. The second kappa shape index (κ2) is 10.1. The topological polar surface area (TPSA) is 62.2 Å². The standard InChI is InChI=1S/C21H34N2O4/c1-21(2,3)17-5-7-19(8-6-17)27-16-18(24)15-22-10-12-23(13-11-22)20(25)9-14-26-4/h5-8,18,24H,9-16H2,1-4H3/t18-/m0/s1. The number of ether oxygens (including phenoxy) is 2. The lowest BCUT2D eigenvalue weighted by molar-refractivity contribution is -0.134. The molecule has 1 atom stereocenters. The molecule has 6 heteroatoms. The SMILES string of the molecule is COCCC(=O)N1CCN(C[C@H](O)COc2ccc(C(C)(C)C)cc2)CC1. The van der Waals surface area contributed by atoms with Crippen LogP contribution in [0, 0.1) is 0 Å². The summed E-state index contributed by atoms with van der Waals surface area (Å²) in [6.07, 6.45) is -0.121. The van der Waals surface area contributed by atoms with Crippen molar-refractivity contribution in [3.8, 4) is 5.75 Å². The summed E-state index contributed by atoms with van der Waals surface area (Å²) in [5.74, 6) is 0.912. The molecule has 6 nitrogen and oxygen atoms in total. The van der Waals surface area contributed by atoms with Crippen molar-refractivity contribution in [3.63, 3.8) is 0 Å². The third-order valence-electron chi connectivity index (χ3n) is 4.88. The monoisotopic (exact) mass is 378 g/mol. The maximum absolute atomic E-state index is 12.0. The van der Waals surface area contributed by atoms with Crippen molar-refractivity contribution in [2.45, 2.75) is 38.7 Å². The van der Waals surface area contributed by atoms with Gasteiger partial charge in [-0.05, 0) is 23.1 Å². The Morgan fingerprint density at radius 2 is 1.78 bits per heavy atom. The number of carbonyl (C=O) groups excluding carboxylic acids is 1. The molecule has 1 aliphatic rings. The summed E-state index contributed by atoms with van der Waals surface area (Å²) in [7, 11) is 1.60. The van der Waals surface area contributed by atoms with Crippen LogP contribution < -0.4 is 4.74 Å². The molecule has 0 spiro atoms. The van der Waals surface area contributed by atoms with Gasteiger partial charge in [0.05, 0.1) is 13.0 Å². The minimum Gasteiger partial charge on any atom is -0.491 e. The molecular weight excluding hydrogens is 344 g/mol. The van der Waals surface area contributed by atoms with E-state index in [0.29, 0.717) is 32.7 Å². The van der Waals surface area contributed by atoms with E-state index in [2.05, 4.69) is 37.8 Å². The Bertz CT molecular complexity index is 575. The second-order valence-electron chi connectivity index (χ2n) is 8.16. The number of aliphatic hydroxyl groups is 1. The van der Waals surface area contributed by atoms with Crippen molar-refractivity contribution >= 4 is 5.91 Å². The normalized spacial score (nSPS) is 17.0. The Morgan fingerprint density at radius 1 is 1.15 bits per heavy atom. The molecule has 1 aliphatic heterocycles. The first-order valence-electron chi connectivity index (χ1n) is 9.70. The molecule has 1 aromatic carbocycles. The third-order valence-corrected chi connectivity index (χ3v) is 4.88. The molecule has 1 N–H and O–H groups in total. The van der Waals surface area contributed by atoms with E-state index in [-0.39, 0.29) is 17.9 Å².